The minimum atomic E-state index is -0.922. The first-order valence-electron chi connectivity index (χ1n) is 14.4. The number of para-hydroxylation sites is 1. The Bertz CT molecular complexity index is 1500. The molecule has 0 radical (unpaired) electrons. The van der Waals surface area contributed by atoms with Gasteiger partial charge >= 0.3 is 0 Å². The number of ether oxygens (including phenoxy) is 1. The van der Waals surface area contributed by atoms with E-state index < -0.39 is 6.17 Å². The van der Waals surface area contributed by atoms with Crippen LogP contribution in [-0.4, -0.2) is 60.3 Å². The molecule has 2 N–H and O–H groups in total. The van der Waals surface area contributed by atoms with Crippen molar-refractivity contribution in [2.75, 3.05) is 32.7 Å². The first kappa shape index (κ1) is 27.1. The number of fused-ring (bicyclic) bond motifs is 3. The van der Waals surface area contributed by atoms with Crippen molar-refractivity contribution in [3.63, 3.8) is 0 Å². The Morgan fingerprint density at radius 2 is 1.95 bits per heavy atom. The molecule has 3 atom stereocenters. The number of halogens is 2. The van der Waals surface area contributed by atoms with Crippen LogP contribution in [0.4, 0.5) is 4.39 Å². The Morgan fingerprint density at radius 1 is 1.12 bits per heavy atom. The average molecular weight is 563 g/mol. The summed E-state index contributed by atoms with van der Waals surface area (Å²) in [6.07, 6.45) is 2.10. The van der Waals surface area contributed by atoms with E-state index in [1.807, 2.05) is 36.4 Å². The zero-order chi connectivity index (χ0) is 27.6. The lowest BCUT2D eigenvalue weighted by Crippen LogP contribution is -2.40. The van der Waals surface area contributed by atoms with Crippen LogP contribution in [0, 0.1) is 5.92 Å². The molecule has 8 heteroatoms. The van der Waals surface area contributed by atoms with Crippen molar-refractivity contribution < 1.29 is 13.9 Å². The topological polar surface area (TPSA) is 58.5 Å². The molecule has 2 fully saturated rings. The van der Waals surface area contributed by atoms with Gasteiger partial charge in [0.05, 0.1) is 5.52 Å². The Morgan fingerprint density at radius 3 is 2.75 bits per heavy atom. The second-order valence-corrected chi connectivity index (χ2v) is 11.4. The normalized spacial score (nSPS) is 21.7. The van der Waals surface area contributed by atoms with Crippen LogP contribution in [0.2, 0.25) is 5.02 Å². The van der Waals surface area contributed by atoms with Gasteiger partial charge in [-0.2, -0.15) is 0 Å². The highest BCUT2D eigenvalue weighted by Gasteiger charge is 2.28. The van der Waals surface area contributed by atoms with E-state index in [1.54, 1.807) is 12.1 Å². The van der Waals surface area contributed by atoms with E-state index in [4.69, 9.17) is 16.3 Å². The van der Waals surface area contributed by atoms with E-state index >= 15 is 0 Å². The Labute approximate surface area is 239 Å². The molecular formula is C32H36ClFN4O2. The Kier molecular flexibility index (Phi) is 7.96. The number of aromatic nitrogens is 1. The molecule has 1 aromatic heterocycles. The van der Waals surface area contributed by atoms with Crippen LogP contribution in [0.25, 0.3) is 21.8 Å². The Hall–Kier alpha value is -3.13. The van der Waals surface area contributed by atoms with E-state index in [0.717, 1.165) is 60.7 Å². The van der Waals surface area contributed by atoms with Crippen molar-refractivity contribution in [3.8, 4) is 11.5 Å². The fourth-order valence-corrected chi connectivity index (χ4v) is 6.47. The van der Waals surface area contributed by atoms with Crippen molar-refractivity contribution in [2.24, 2.45) is 5.92 Å². The number of nitrogens with one attached hydrogen (secondary N) is 2. The zero-order valence-electron chi connectivity index (χ0n) is 22.8. The highest BCUT2D eigenvalue weighted by molar-refractivity contribution is 6.30. The molecule has 3 aromatic carbocycles. The number of hydrogen-bond donors (Lipinski definition) is 2. The van der Waals surface area contributed by atoms with Gasteiger partial charge < -0.3 is 19.9 Å². The highest BCUT2D eigenvalue weighted by Crippen LogP contribution is 2.39. The molecule has 0 aliphatic carbocycles. The SMILES string of the molecule is CCN1CCCC1CNC(=O)c1cc(Oc2ccc(Cl)cc2)c2c(c1)c1ccccc1n2C[C@@H]1CCNC[C@H]1F. The van der Waals surface area contributed by atoms with Crippen molar-refractivity contribution in [2.45, 2.75) is 44.9 Å². The smallest absolute Gasteiger partial charge is 0.251 e. The van der Waals surface area contributed by atoms with E-state index in [9.17, 15) is 9.18 Å². The van der Waals surface area contributed by atoms with Gasteiger partial charge in [0.25, 0.3) is 5.91 Å². The van der Waals surface area contributed by atoms with Gasteiger partial charge in [-0.3, -0.25) is 9.69 Å². The molecule has 6 nitrogen and oxygen atoms in total. The van der Waals surface area contributed by atoms with E-state index in [-0.39, 0.29) is 11.8 Å². The molecule has 2 aliphatic heterocycles. The third-order valence-corrected chi connectivity index (χ3v) is 8.75. The summed E-state index contributed by atoms with van der Waals surface area (Å²) in [7, 11) is 0. The number of benzene rings is 3. The predicted molar refractivity (Wildman–Crippen MR) is 159 cm³/mol. The molecule has 4 aromatic rings. The molecule has 1 amide bonds. The van der Waals surface area contributed by atoms with Gasteiger partial charge in [0.2, 0.25) is 0 Å². The molecule has 3 heterocycles. The van der Waals surface area contributed by atoms with Gasteiger partial charge in [-0.05, 0) is 81.4 Å². The molecular weight excluding hydrogens is 527 g/mol. The fraction of sp³-hybridized carbons (Fsp3) is 0.406. The van der Waals surface area contributed by atoms with Gasteiger partial charge in [0.15, 0.2) is 5.75 Å². The van der Waals surface area contributed by atoms with Crippen molar-refractivity contribution in [3.05, 3.63) is 71.2 Å². The van der Waals surface area contributed by atoms with Crippen LogP contribution in [-0.2, 0) is 6.54 Å². The monoisotopic (exact) mass is 562 g/mol. The maximum atomic E-state index is 15.0. The molecule has 6 rings (SSSR count). The number of carbonyl (C=O) groups excluding carboxylic acids is 1. The summed E-state index contributed by atoms with van der Waals surface area (Å²) >= 11 is 6.13. The standard InChI is InChI=1S/C32H36ClFN4O2/c1-2-37-15-5-6-24(37)18-36-32(39)22-16-27-26-7-3-4-8-29(26)38(20-21-13-14-35-19-28(21)34)31(27)30(17-22)40-25-11-9-23(33)10-12-25/h3-4,7-12,16-17,21,24,28,35H,2,5-6,13-15,18-20H2,1H3,(H,36,39)/t21-,24?,28+/m0/s1. The van der Waals surface area contributed by atoms with Gasteiger partial charge in [-0.1, -0.05) is 36.7 Å². The van der Waals surface area contributed by atoms with Crippen LogP contribution in [0.3, 0.4) is 0 Å². The number of amides is 1. The van der Waals surface area contributed by atoms with Gasteiger partial charge in [-0.25, -0.2) is 4.39 Å². The van der Waals surface area contributed by atoms with Crippen LogP contribution in [0.15, 0.2) is 60.7 Å². The van der Waals surface area contributed by atoms with Gasteiger partial charge in [0.1, 0.15) is 11.9 Å². The summed E-state index contributed by atoms with van der Waals surface area (Å²) in [6.45, 7) is 6.56. The number of piperidine rings is 1. The molecule has 40 heavy (non-hydrogen) atoms. The molecule has 0 saturated carbocycles. The lowest BCUT2D eigenvalue weighted by molar-refractivity contribution is 0.0941. The summed E-state index contributed by atoms with van der Waals surface area (Å²) in [4.78, 5) is 15.9. The van der Waals surface area contributed by atoms with Crippen LogP contribution < -0.4 is 15.4 Å². The lowest BCUT2D eigenvalue weighted by atomic mass is 9.96. The molecule has 0 spiro atoms. The fourth-order valence-electron chi connectivity index (χ4n) is 6.35. The minimum absolute atomic E-state index is 0.112. The highest BCUT2D eigenvalue weighted by atomic mass is 35.5. The first-order chi connectivity index (χ1) is 19.5. The van der Waals surface area contributed by atoms with E-state index in [1.165, 1.54) is 0 Å². The number of carbonyl (C=O) groups is 1. The quantitative estimate of drug-likeness (QED) is 0.261. The lowest BCUT2D eigenvalue weighted by Gasteiger charge is -2.28. The maximum absolute atomic E-state index is 15.0. The van der Waals surface area contributed by atoms with E-state index in [0.29, 0.717) is 47.8 Å². The molecule has 2 saturated heterocycles. The van der Waals surface area contributed by atoms with Gasteiger partial charge in [-0.15, -0.1) is 0 Å². The second-order valence-electron chi connectivity index (χ2n) is 11.0. The number of rotatable bonds is 8. The average Bonchev–Trinajstić information content (AvgIpc) is 3.56. The summed E-state index contributed by atoms with van der Waals surface area (Å²) < 4.78 is 23.6. The number of likely N-dealkylation sites (tertiary alicyclic amines) is 1. The summed E-state index contributed by atoms with van der Waals surface area (Å²) in [5.41, 5.74) is 2.42. The molecule has 2 aliphatic rings. The first-order valence-corrected chi connectivity index (χ1v) is 14.7. The summed E-state index contributed by atoms with van der Waals surface area (Å²) in [6, 6.07) is 19.5. The third-order valence-electron chi connectivity index (χ3n) is 8.50. The largest absolute Gasteiger partial charge is 0.455 e. The molecule has 1 unspecified atom stereocenters. The maximum Gasteiger partial charge on any atom is 0.251 e. The third kappa shape index (κ3) is 5.42. The predicted octanol–water partition coefficient (Wildman–Crippen LogP) is 6.40. The van der Waals surface area contributed by atoms with Crippen LogP contribution >= 0.6 is 11.6 Å². The van der Waals surface area contributed by atoms with Crippen molar-refractivity contribution in [1.82, 2.24) is 20.1 Å². The molecule has 0 bridgehead atoms. The van der Waals surface area contributed by atoms with Gasteiger partial charge in [0, 0.05) is 58.5 Å². The number of alkyl halides is 1. The van der Waals surface area contributed by atoms with E-state index in [2.05, 4.69) is 39.2 Å². The number of hydrogen-bond acceptors (Lipinski definition) is 4. The molecule has 210 valence electrons. The zero-order valence-corrected chi connectivity index (χ0v) is 23.6. The van der Waals surface area contributed by atoms with Crippen LogP contribution in [0.5, 0.6) is 11.5 Å². The Balaban J connectivity index is 1.43. The minimum Gasteiger partial charge on any atom is -0.455 e. The number of nitrogens with zero attached hydrogens (tertiary/aromatic N) is 2. The van der Waals surface area contributed by atoms with Crippen molar-refractivity contribution >= 4 is 39.3 Å². The van der Waals surface area contributed by atoms with Crippen LogP contribution in [0.1, 0.15) is 36.5 Å². The summed E-state index contributed by atoms with van der Waals surface area (Å²) in [5, 5.41) is 8.90. The number of likely N-dealkylation sites (N-methyl/N-ethyl adjacent to an activating group) is 1. The second kappa shape index (κ2) is 11.8. The summed E-state index contributed by atoms with van der Waals surface area (Å²) in [5.74, 6) is 0.959. The van der Waals surface area contributed by atoms with Crippen molar-refractivity contribution in [1.29, 1.82) is 0 Å².